The number of hydrogen-bond donors (Lipinski definition) is 2. The molecule has 6 heteroatoms. The molecule has 1 amide bonds. The average molecular weight is 404 g/mol. The summed E-state index contributed by atoms with van der Waals surface area (Å²) in [5, 5.41) is 17.0. The maximum atomic E-state index is 13.4. The van der Waals surface area contributed by atoms with Crippen LogP contribution in [0, 0.1) is 5.41 Å². The Hall–Kier alpha value is -3.15. The summed E-state index contributed by atoms with van der Waals surface area (Å²) in [5.41, 5.74) is 3.44. The molecule has 2 aromatic carbocycles. The Morgan fingerprint density at radius 3 is 2.40 bits per heavy atom. The number of amides is 1. The van der Waals surface area contributed by atoms with Gasteiger partial charge in [0, 0.05) is 19.5 Å². The van der Waals surface area contributed by atoms with Crippen molar-refractivity contribution in [1.82, 2.24) is 20.0 Å². The third-order valence-electron chi connectivity index (χ3n) is 6.32. The maximum Gasteiger partial charge on any atom is 0.239 e. The number of aryl methyl sites for hydroxylation is 1. The molecule has 2 N–H and O–H groups in total. The van der Waals surface area contributed by atoms with Crippen LogP contribution in [0.15, 0.2) is 48.7 Å². The van der Waals surface area contributed by atoms with E-state index in [1.165, 1.54) is 10.5 Å². The van der Waals surface area contributed by atoms with Gasteiger partial charge in [-0.3, -0.25) is 19.8 Å². The molecule has 4 rings (SSSR count). The van der Waals surface area contributed by atoms with Crippen molar-refractivity contribution < 1.29 is 4.79 Å². The fourth-order valence-corrected chi connectivity index (χ4v) is 4.33. The van der Waals surface area contributed by atoms with Crippen LogP contribution < -0.4 is 5.32 Å². The summed E-state index contributed by atoms with van der Waals surface area (Å²) in [4.78, 5) is 14.8. The largest absolute Gasteiger partial charge is 0.346 e. The van der Waals surface area contributed by atoms with Crippen LogP contribution in [-0.4, -0.2) is 33.6 Å². The molecule has 0 spiro atoms. The van der Waals surface area contributed by atoms with Crippen LogP contribution >= 0.6 is 0 Å². The van der Waals surface area contributed by atoms with Crippen molar-refractivity contribution in [3.05, 3.63) is 65.4 Å². The Morgan fingerprint density at radius 2 is 1.77 bits per heavy atom. The quantitative estimate of drug-likeness (QED) is 0.682. The third kappa shape index (κ3) is 3.07. The van der Waals surface area contributed by atoms with Gasteiger partial charge in [0.25, 0.3) is 0 Å². The predicted molar refractivity (Wildman–Crippen MR) is 120 cm³/mol. The molecule has 0 unspecified atom stereocenters. The molecule has 1 aromatic heterocycles. The Morgan fingerprint density at radius 1 is 1.10 bits per heavy atom. The van der Waals surface area contributed by atoms with Gasteiger partial charge in [-0.05, 0) is 41.2 Å². The number of carbonyl (C=O) groups excluding carboxylic acids is 1. The molecule has 156 valence electrons. The zero-order valence-electron chi connectivity index (χ0n) is 18.4. The second-order valence-corrected chi connectivity index (χ2v) is 9.42. The van der Waals surface area contributed by atoms with Crippen LogP contribution in [0.3, 0.4) is 0 Å². The van der Waals surface area contributed by atoms with Gasteiger partial charge in [0.15, 0.2) is 5.96 Å². The molecule has 0 saturated carbocycles. The number of carbonyl (C=O) groups is 1. The second-order valence-electron chi connectivity index (χ2n) is 9.42. The average Bonchev–Trinajstić information content (AvgIpc) is 3.06. The van der Waals surface area contributed by atoms with Gasteiger partial charge < -0.3 is 5.32 Å². The number of fused-ring (bicyclic) bond motifs is 1. The van der Waals surface area contributed by atoms with E-state index >= 15 is 0 Å². The summed E-state index contributed by atoms with van der Waals surface area (Å²) in [5.74, 6) is -0.438. The van der Waals surface area contributed by atoms with Gasteiger partial charge in [-0.2, -0.15) is 5.10 Å². The van der Waals surface area contributed by atoms with E-state index in [1.54, 1.807) is 7.05 Å². The minimum atomic E-state index is -0.756. The van der Waals surface area contributed by atoms with Gasteiger partial charge in [0.1, 0.15) is 0 Å². The SMILES string of the molecule is CN1C(=N)N[C@](C)(c2ccc3c(cnn3C)c2)[C@@H](c2ccc(C(C)(C)C)cc2)C1=O. The highest BCUT2D eigenvalue weighted by Crippen LogP contribution is 2.42. The Kier molecular flexibility index (Phi) is 4.49. The van der Waals surface area contributed by atoms with Gasteiger partial charge in [-0.1, -0.05) is 51.1 Å². The molecule has 1 fully saturated rings. The lowest BCUT2D eigenvalue weighted by atomic mass is 9.73. The van der Waals surface area contributed by atoms with Crippen molar-refractivity contribution in [2.75, 3.05) is 7.05 Å². The Labute approximate surface area is 177 Å². The number of nitrogens with one attached hydrogen (secondary N) is 2. The van der Waals surface area contributed by atoms with E-state index in [0.717, 1.165) is 22.0 Å². The van der Waals surface area contributed by atoms with Crippen molar-refractivity contribution in [3.63, 3.8) is 0 Å². The second kappa shape index (κ2) is 6.69. The highest BCUT2D eigenvalue weighted by Gasteiger charge is 2.48. The van der Waals surface area contributed by atoms with Crippen molar-refractivity contribution >= 4 is 22.8 Å². The smallest absolute Gasteiger partial charge is 0.239 e. The maximum absolute atomic E-state index is 13.4. The van der Waals surface area contributed by atoms with Crippen molar-refractivity contribution in [3.8, 4) is 0 Å². The van der Waals surface area contributed by atoms with E-state index in [-0.39, 0.29) is 17.3 Å². The summed E-state index contributed by atoms with van der Waals surface area (Å²) in [6, 6.07) is 14.4. The monoisotopic (exact) mass is 403 g/mol. The van der Waals surface area contributed by atoms with Crippen molar-refractivity contribution in [2.45, 2.75) is 44.6 Å². The topological polar surface area (TPSA) is 74.0 Å². The zero-order chi connectivity index (χ0) is 21.8. The molecule has 0 radical (unpaired) electrons. The van der Waals surface area contributed by atoms with E-state index in [0.29, 0.717) is 0 Å². The summed E-state index contributed by atoms with van der Waals surface area (Å²) in [6.45, 7) is 8.54. The molecule has 1 aliphatic heterocycles. The lowest BCUT2D eigenvalue weighted by Gasteiger charge is -2.46. The van der Waals surface area contributed by atoms with Crippen LogP contribution in [0.25, 0.3) is 10.9 Å². The van der Waals surface area contributed by atoms with Crippen LogP contribution in [0.4, 0.5) is 0 Å². The normalized spacial score (nSPS) is 22.5. The Bertz CT molecular complexity index is 1140. The first-order chi connectivity index (χ1) is 14.0. The van der Waals surface area contributed by atoms with Crippen LogP contribution in [-0.2, 0) is 22.8 Å². The van der Waals surface area contributed by atoms with Gasteiger partial charge >= 0.3 is 0 Å². The van der Waals surface area contributed by atoms with Crippen LogP contribution in [0.2, 0.25) is 0 Å². The number of aromatic nitrogens is 2. The summed E-state index contributed by atoms with van der Waals surface area (Å²) < 4.78 is 1.83. The van der Waals surface area contributed by atoms with E-state index in [1.807, 2.05) is 37.0 Å². The zero-order valence-corrected chi connectivity index (χ0v) is 18.4. The number of rotatable bonds is 2. The molecule has 0 bridgehead atoms. The number of benzene rings is 2. The van der Waals surface area contributed by atoms with Crippen molar-refractivity contribution in [1.29, 1.82) is 5.41 Å². The first-order valence-electron chi connectivity index (χ1n) is 10.2. The predicted octanol–water partition coefficient (Wildman–Crippen LogP) is 3.87. The first kappa shape index (κ1) is 20.1. The molecule has 0 aliphatic carbocycles. The van der Waals surface area contributed by atoms with Crippen LogP contribution in [0.1, 0.15) is 50.3 Å². The van der Waals surface area contributed by atoms with Crippen molar-refractivity contribution in [2.24, 2.45) is 7.05 Å². The van der Waals surface area contributed by atoms with Gasteiger partial charge in [0.05, 0.1) is 23.2 Å². The molecular formula is C24H29N5O. The number of guanidine groups is 1. The molecule has 1 aliphatic rings. The number of nitrogens with zero attached hydrogens (tertiary/aromatic N) is 3. The highest BCUT2D eigenvalue weighted by molar-refractivity contribution is 6.02. The fourth-order valence-electron chi connectivity index (χ4n) is 4.33. The molecule has 30 heavy (non-hydrogen) atoms. The summed E-state index contributed by atoms with van der Waals surface area (Å²) in [7, 11) is 3.56. The third-order valence-corrected chi connectivity index (χ3v) is 6.32. The lowest BCUT2D eigenvalue weighted by molar-refractivity contribution is -0.131. The lowest BCUT2D eigenvalue weighted by Crippen LogP contribution is -2.62. The molecular weight excluding hydrogens is 374 g/mol. The minimum Gasteiger partial charge on any atom is -0.346 e. The molecule has 6 nitrogen and oxygen atoms in total. The van der Waals surface area contributed by atoms with E-state index in [2.05, 4.69) is 61.5 Å². The standard InChI is InChI=1S/C24H29N5O/c1-23(2,3)17-9-7-15(8-10-17)20-21(30)28(5)22(25)27-24(20,4)18-11-12-19-16(13-18)14-26-29(19)6/h7-14,20H,1-6H3,(H2,25,27)/t20-,24+/m0/s1. The van der Waals surface area contributed by atoms with Gasteiger partial charge in [0.2, 0.25) is 5.91 Å². The minimum absolute atomic E-state index is 0.0426. The van der Waals surface area contributed by atoms with Gasteiger partial charge in [-0.15, -0.1) is 0 Å². The fraction of sp³-hybridized carbons (Fsp3) is 0.375. The molecule has 1 saturated heterocycles. The molecule has 2 atom stereocenters. The highest BCUT2D eigenvalue weighted by atomic mass is 16.2. The van der Waals surface area contributed by atoms with E-state index in [9.17, 15) is 4.79 Å². The van der Waals surface area contributed by atoms with Crippen LogP contribution in [0.5, 0.6) is 0 Å². The Balaban J connectivity index is 1.85. The van der Waals surface area contributed by atoms with E-state index in [4.69, 9.17) is 5.41 Å². The summed E-state index contributed by atoms with van der Waals surface area (Å²) in [6.07, 6.45) is 1.83. The van der Waals surface area contributed by atoms with E-state index < -0.39 is 11.5 Å². The van der Waals surface area contributed by atoms with Gasteiger partial charge in [-0.25, -0.2) is 0 Å². The first-order valence-corrected chi connectivity index (χ1v) is 10.2. The summed E-state index contributed by atoms with van der Waals surface area (Å²) >= 11 is 0. The molecule has 2 heterocycles. The number of hydrogen-bond acceptors (Lipinski definition) is 3. The molecule has 3 aromatic rings. The number of likely N-dealkylation sites (N-methyl/N-ethyl adjacent to an activating group) is 1.